The van der Waals surface area contributed by atoms with Gasteiger partial charge in [0.1, 0.15) is 17.9 Å². The van der Waals surface area contributed by atoms with E-state index in [9.17, 15) is 34.5 Å². The lowest BCUT2D eigenvalue weighted by atomic mass is 9.78. The molecule has 4 rings (SSSR count). The zero-order chi connectivity index (χ0) is 45.7. The molecule has 0 spiro atoms. The maximum atomic E-state index is 14.3. The van der Waals surface area contributed by atoms with Crippen molar-refractivity contribution in [2.75, 3.05) is 20.8 Å². The highest BCUT2D eigenvalue weighted by Crippen LogP contribution is 2.38. The second-order valence-electron chi connectivity index (χ2n) is 19.4. The smallest absolute Gasteiger partial charge is 0.329 e. The van der Waals surface area contributed by atoms with E-state index in [2.05, 4.69) is 19.9 Å². The Hall–Kier alpha value is -3.00. The van der Waals surface area contributed by atoms with Crippen molar-refractivity contribution in [3.63, 3.8) is 0 Å². The van der Waals surface area contributed by atoms with Gasteiger partial charge in [0, 0.05) is 45.4 Å². The molecule has 0 aromatic heterocycles. The summed E-state index contributed by atoms with van der Waals surface area (Å²) in [5, 5.41) is 33.5. The molecular weight excluding hydrogens is 791 g/mol. The molecule has 14 atom stereocenters. The Morgan fingerprint density at radius 3 is 2.31 bits per heavy atom. The largest absolute Gasteiger partial charge is 0.460 e. The molecule has 0 aromatic rings. The van der Waals surface area contributed by atoms with Crippen LogP contribution in [0.15, 0.2) is 47.6 Å². The Morgan fingerprint density at radius 1 is 0.855 bits per heavy atom. The molecule has 350 valence electrons. The lowest BCUT2D eigenvalue weighted by Crippen LogP contribution is -2.61. The topological polar surface area (TPSA) is 169 Å². The summed E-state index contributed by atoms with van der Waals surface area (Å²) in [6.07, 6.45) is 16.3. The fourth-order valence-electron chi connectivity index (χ4n) is 9.96. The van der Waals surface area contributed by atoms with Gasteiger partial charge in [0.05, 0.1) is 30.5 Å². The molecule has 2 bridgehead atoms. The summed E-state index contributed by atoms with van der Waals surface area (Å²) >= 11 is 0. The molecule has 2 saturated heterocycles. The number of nitrogens with zero attached hydrogens (tertiary/aromatic N) is 1. The number of Topliss-reactive ketones (excluding diaryl/α,β-unsaturated/α-hetero) is 2. The van der Waals surface area contributed by atoms with Crippen LogP contribution in [0, 0.1) is 35.5 Å². The fourth-order valence-corrected chi connectivity index (χ4v) is 9.96. The minimum atomic E-state index is -2.39. The number of hydrogen-bond acceptors (Lipinski definition) is 11. The van der Waals surface area contributed by atoms with Gasteiger partial charge in [-0.2, -0.15) is 0 Å². The van der Waals surface area contributed by atoms with Crippen LogP contribution in [0.1, 0.15) is 138 Å². The molecule has 62 heavy (non-hydrogen) atoms. The van der Waals surface area contributed by atoms with Crippen molar-refractivity contribution >= 4 is 23.4 Å². The van der Waals surface area contributed by atoms with Gasteiger partial charge >= 0.3 is 5.97 Å². The van der Waals surface area contributed by atoms with E-state index in [1.807, 2.05) is 51.2 Å². The van der Waals surface area contributed by atoms with E-state index in [-0.39, 0.29) is 49.2 Å². The fraction of sp³-hybridized carbons (Fsp3) is 0.760. The molecule has 12 nitrogen and oxygen atoms in total. The van der Waals surface area contributed by atoms with Gasteiger partial charge in [0.15, 0.2) is 0 Å². The number of cyclic esters (lactones) is 1. The number of carbonyl (C=O) groups is 4. The van der Waals surface area contributed by atoms with E-state index in [0.29, 0.717) is 69.6 Å². The molecule has 4 aliphatic rings. The zero-order valence-corrected chi connectivity index (χ0v) is 39.1. The molecule has 1 saturated carbocycles. The van der Waals surface area contributed by atoms with Crippen molar-refractivity contribution in [1.82, 2.24) is 4.90 Å². The number of piperidine rings is 1. The van der Waals surface area contributed by atoms with Crippen LogP contribution in [0.2, 0.25) is 0 Å². The predicted octanol–water partition coefficient (Wildman–Crippen LogP) is 7.38. The number of rotatable bonds is 5. The van der Waals surface area contributed by atoms with Crippen molar-refractivity contribution in [2.45, 2.75) is 187 Å². The third kappa shape index (κ3) is 14.2. The highest BCUT2D eigenvalue weighted by molar-refractivity contribution is 6.39. The zero-order valence-electron chi connectivity index (χ0n) is 39.1. The van der Waals surface area contributed by atoms with E-state index in [0.717, 1.165) is 30.4 Å². The molecule has 1 amide bonds. The van der Waals surface area contributed by atoms with Gasteiger partial charge in [-0.3, -0.25) is 14.4 Å². The molecule has 0 aromatic carbocycles. The first-order valence-electron chi connectivity index (χ1n) is 23.5. The van der Waals surface area contributed by atoms with Crippen LogP contribution in [0.3, 0.4) is 0 Å². The van der Waals surface area contributed by atoms with Crippen molar-refractivity contribution in [2.24, 2.45) is 35.5 Å². The first-order chi connectivity index (χ1) is 29.4. The predicted molar refractivity (Wildman–Crippen MR) is 239 cm³/mol. The van der Waals surface area contributed by atoms with Crippen LogP contribution in [-0.2, 0) is 38.1 Å². The van der Waals surface area contributed by atoms with Crippen molar-refractivity contribution in [1.29, 1.82) is 0 Å². The maximum Gasteiger partial charge on any atom is 0.329 e. The number of aliphatic hydroxyl groups is 3. The van der Waals surface area contributed by atoms with Gasteiger partial charge in [-0.1, -0.05) is 71.1 Å². The second kappa shape index (κ2) is 24.3. The number of ether oxygens (including phenoxy) is 4. The Balaban J connectivity index is 1.65. The number of methoxy groups -OCH3 is 2. The molecule has 3 fully saturated rings. The van der Waals surface area contributed by atoms with Gasteiger partial charge < -0.3 is 39.2 Å². The van der Waals surface area contributed by atoms with E-state index >= 15 is 0 Å². The summed E-state index contributed by atoms with van der Waals surface area (Å²) in [6.45, 7) is 13.7. The number of fused-ring (bicyclic) bond motifs is 3. The van der Waals surface area contributed by atoms with E-state index in [4.69, 9.17) is 18.9 Å². The molecule has 12 heteroatoms. The van der Waals surface area contributed by atoms with Crippen molar-refractivity contribution in [3.05, 3.63) is 47.6 Å². The average molecular weight is 870 g/mol. The van der Waals surface area contributed by atoms with Gasteiger partial charge in [-0.15, -0.1) is 0 Å². The SMILES string of the molecule is CO[C@H]1CC2CC[C@@H](C)[C@@](O)(O2)C(=O)C(=O)N2CCCC[C@H]2C(=O)O[C@H]([C@H](C)C[C@@H]2CC[C@@H](O)[C@H](OC)C2)CC(=O)[C@H](C)/C=C(\C)[C@@H](O)CC[C@H](C)C[C@H](C)/C=C/C=CC=C1C. The highest BCUT2D eigenvalue weighted by Gasteiger charge is 2.53. The number of esters is 1. The Bertz CT molecular complexity index is 1620. The highest BCUT2D eigenvalue weighted by atomic mass is 16.6. The summed E-state index contributed by atoms with van der Waals surface area (Å²) in [5.41, 5.74) is 1.66. The summed E-state index contributed by atoms with van der Waals surface area (Å²) in [4.78, 5) is 57.9. The Labute approximate surface area is 371 Å². The third-order valence-corrected chi connectivity index (χ3v) is 14.2. The first-order valence-corrected chi connectivity index (χ1v) is 23.5. The minimum absolute atomic E-state index is 0.0716. The minimum Gasteiger partial charge on any atom is -0.460 e. The first kappa shape index (κ1) is 51.6. The van der Waals surface area contributed by atoms with Gasteiger partial charge in [-0.25, -0.2) is 4.79 Å². The van der Waals surface area contributed by atoms with Gasteiger partial charge in [-0.05, 0) is 126 Å². The lowest BCUT2D eigenvalue weighted by Gasteiger charge is -2.42. The third-order valence-electron chi connectivity index (χ3n) is 14.2. The summed E-state index contributed by atoms with van der Waals surface area (Å²) < 4.78 is 23.8. The summed E-state index contributed by atoms with van der Waals surface area (Å²) in [6, 6.07) is -1.09. The standard InChI is InChI=1S/C50H79NO11/c1-31-15-11-10-12-16-33(3)44(59-8)29-39-21-19-37(7)50(58,62-39)47(55)48(56)51-24-14-13-17-40(51)49(57)61-45(36(6)27-38-20-23-42(53)46(28-38)60-9)30-43(54)35(5)26-34(4)41(52)22-18-32(2)25-31/h10-12,15-16,26,31-32,35-42,44-46,52-53,58H,13-14,17-25,27-30H2,1-9H3/b12-10?,15-11+,33-16?,34-26+/t31-,32+,35-,36-,37-,38+,39?,40+,41+,42-,44+,45+,46-,50-/m1/s1. The number of carbonyl (C=O) groups excluding carboxylic acids is 4. The molecule has 3 aliphatic heterocycles. The molecule has 3 heterocycles. The van der Waals surface area contributed by atoms with Crippen LogP contribution in [0.25, 0.3) is 0 Å². The van der Waals surface area contributed by atoms with E-state index < -0.39 is 65.7 Å². The van der Waals surface area contributed by atoms with Gasteiger partial charge in [0.2, 0.25) is 5.79 Å². The van der Waals surface area contributed by atoms with Crippen LogP contribution in [0.4, 0.5) is 0 Å². The molecule has 1 unspecified atom stereocenters. The number of ketones is 2. The number of allylic oxidation sites excluding steroid dienone is 6. The lowest BCUT2D eigenvalue weighted by molar-refractivity contribution is -0.265. The number of amides is 1. The molecule has 1 aliphatic carbocycles. The van der Waals surface area contributed by atoms with Crippen LogP contribution >= 0.6 is 0 Å². The number of aliphatic hydroxyl groups excluding tert-OH is 2. The van der Waals surface area contributed by atoms with Crippen molar-refractivity contribution < 1.29 is 53.4 Å². The maximum absolute atomic E-state index is 14.3. The molecular formula is C50H79NO11. The van der Waals surface area contributed by atoms with E-state index in [1.165, 1.54) is 4.90 Å². The molecule has 3 N–H and O–H groups in total. The average Bonchev–Trinajstić information content (AvgIpc) is 3.24. The monoisotopic (exact) mass is 870 g/mol. The summed E-state index contributed by atoms with van der Waals surface area (Å²) in [7, 11) is 3.20. The second-order valence-corrected chi connectivity index (χ2v) is 19.4. The normalized spacial score (nSPS) is 39.2. The quantitative estimate of drug-likeness (QED) is 0.143. The van der Waals surface area contributed by atoms with Crippen molar-refractivity contribution in [3.8, 4) is 0 Å². The molecule has 0 radical (unpaired) electrons. The van der Waals surface area contributed by atoms with Crippen LogP contribution in [-0.4, -0.2) is 113 Å². The van der Waals surface area contributed by atoms with Crippen LogP contribution < -0.4 is 0 Å². The van der Waals surface area contributed by atoms with Gasteiger partial charge in [0.25, 0.3) is 11.7 Å². The van der Waals surface area contributed by atoms with Crippen LogP contribution in [0.5, 0.6) is 0 Å². The van der Waals surface area contributed by atoms with E-state index in [1.54, 1.807) is 28.1 Å². The summed E-state index contributed by atoms with van der Waals surface area (Å²) in [5.74, 6) is -5.96. The number of hydrogen-bond donors (Lipinski definition) is 3. The Kier molecular flexibility index (Phi) is 20.3. The Morgan fingerprint density at radius 2 is 1.60 bits per heavy atom.